The van der Waals surface area contributed by atoms with Crippen LogP contribution in [-0.2, 0) is 5.75 Å². The van der Waals surface area contributed by atoms with Gasteiger partial charge in [0.25, 0.3) is 0 Å². The molecule has 0 aliphatic carbocycles. The zero-order chi connectivity index (χ0) is 13.0. The molecule has 18 heavy (non-hydrogen) atoms. The summed E-state index contributed by atoms with van der Waals surface area (Å²) in [5.74, 6) is 1.40. The summed E-state index contributed by atoms with van der Waals surface area (Å²) < 4.78 is 5.46. The molecule has 2 atom stereocenters. The van der Waals surface area contributed by atoms with Gasteiger partial charge in [0, 0.05) is 16.6 Å². The number of benzene rings is 1. The molecule has 0 saturated heterocycles. The molecule has 0 radical (unpaired) electrons. The summed E-state index contributed by atoms with van der Waals surface area (Å²) in [6.07, 6.45) is 1.37. The predicted octanol–water partition coefficient (Wildman–Crippen LogP) is 3.34. The Labute approximate surface area is 111 Å². The largest absolute Gasteiger partial charge is 0.444 e. The first-order valence-electron chi connectivity index (χ1n) is 5.96. The van der Waals surface area contributed by atoms with Crippen molar-refractivity contribution in [1.29, 1.82) is 0 Å². The Bertz CT molecular complexity index is 482. The molecule has 3 nitrogen and oxygen atoms in total. The first kappa shape index (κ1) is 13.2. The molecule has 0 bridgehead atoms. The van der Waals surface area contributed by atoms with Gasteiger partial charge in [0.15, 0.2) is 0 Å². The maximum Gasteiger partial charge on any atom is 0.226 e. The molecule has 0 fully saturated rings. The van der Waals surface area contributed by atoms with Gasteiger partial charge in [-0.25, -0.2) is 4.98 Å². The van der Waals surface area contributed by atoms with Gasteiger partial charge >= 0.3 is 0 Å². The molecule has 2 aromatic rings. The lowest BCUT2D eigenvalue weighted by molar-refractivity contribution is 0.196. The van der Waals surface area contributed by atoms with Crippen LogP contribution in [0.5, 0.6) is 0 Å². The van der Waals surface area contributed by atoms with Gasteiger partial charge in [-0.3, -0.25) is 0 Å². The number of rotatable bonds is 5. The Kier molecular flexibility index (Phi) is 4.44. The molecule has 1 heterocycles. The van der Waals surface area contributed by atoms with Crippen molar-refractivity contribution in [3.8, 4) is 11.5 Å². The molecular formula is C14H17NO2S. The van der Waals surface area contributed by atoms with Crippen molar-refractivity contribution in [2.75, 3.05) is 0 Å². The van der Waals surface area contributed by atoms with E-state index >= 15 is 0 Å². The maximum absolute atomic E-state index is 9.42. The number of aliphatic hydroxyl groups excluding tert-OH is 1. The highest BCUT2D eigenvalue weighted by atomic mass is 32.2. The average molecular weight is 263 g/mol. The molecule has 1 N–H and O–H groups in total. The molecule has 4 heteroatoms. The Morgan fingerprint density at radius 2 is 2.00 bits per heavy atom. The fourth-order valence-electron chi connectivity index (χ4n) is 1.44. The van der Waals surface area contributed by atoms with Crippen molar-refractivity contribution in [2.24, 2.45) is 0 Å². The number of aromatic nitrogens is 1. The molecule has 0 spiro atoms. The van der Waals surface area contributed by atoms with Gasteiger partial charge in [-0.15, -0.1) is 11.8 Å². The zero-order valence-electron chi connectivity index (χ0n) is 10.5. The number of hydrogen-bond acceptors (Lipinski definition) is 4. The number of thioether (sulfide) groups is 1. The van der Waals surface area contributed by atoms with Crippen LogP contribution in [0.1, 0.15) is 19.5 Å². The quantitative estimate of drug-likeness (QED) is 0.898. The van der Waals surface area contributed by atoms with Crippen LogP contribution in [0.25, 0.3) is 11.5 Å². The molecule has 1 aromatic carbocycles. The highest BCUT2D eigenvalue weighted by Gasteiger charge is 2.11. The summed E-state index contributed by atoms with van der Waals surface area (Å²) in [4.78, 5) is 4.44. The van der Waals surface area contributed by atoms with Gasteiger partial charge < -0.3 is 9.52 Å². The lowest BCUT2D eigenvalue weighted by atomic mass is 10.2. The summed E-state index contributed by atoms with van der Waals surface area (Å²) >= 11 is 1.67. The van der Waals surface area contributed by atoms with Crippen LogP contribution < -0.4 is 0 Å². The normalized spacial score (nSPS) is 14.4. The summed E-state index contributed by atoms with van der Waals surface area (Å²) in [6.45, 7) is 3.81. The minimum absolute atomic E-state index is 0.196. The number of aliphatic hydroxyl groups is 1. The second-order valence-electron chi connectivity index (χ2n) is 4.27. The number of oxazole rings is 1. The lowest BCUT2D eigenvalue weighted by Crippen LogP contribution is -2.15. The Morgan fingerprint density at radius 3 is 2.67 bits per heavy atom. The van der Waals surface area contributed by atoms with Gasteiger partial charge in [-0.05, 0) is 19.1 Å². The lowest BCUT2D eigenvalue weighted by Gasteiger charge is -2.12. The van der Waals surface area contributed by atoms with Gasteiger partial charge in [0.05, 0.1) is 11.8 Å². The average Bonchev–Trinajstić information content (AvgIpc) is 2.85. The molecule has 96 valence electrons. The van der Waals surface area contributed by atoms with E-state index in [4.69, 9.17) is 4.42 Å². The van der Waals surface area contributed by atoms with Crippen LogP contribution >= 0.6 is 11.8 Å². The van der Waals surface area contributed by atoms with E-state index in [1.165, 1.54) is 0 Å². The third-order valence-electron chi connectivity index (χ3n) is 2.75. The van der Waals surface area contributed by atoms with Gasteiger partial charge in [-0.2, -0.15) is 0 Å². The van der Waals surface area contributed by atoms with Crippen molar-refractivity contribution < 1.29 is 9.52 Å². The maximum atomic E-state index is 9.42. The van der Waals surface area contributed by atoms with E-state index in [1.807, 2.05) is 37.3 Å². The first-order chi connectivity index (χ1) is 8.66. The molecular weight excluding hydrogens is 246 g/mol. The fraction of sp³-hybridized carbons (Fsp3) is 0.357. The minimum atomic E-state index is -0.310. The van der Waals surface area contributed by atoms with E-state index in [0.717, 1.165) is 17.0 Å². The van der Waals surface area contributed by atoms with Crippen LogP contribution in [0.15, 0.2) is 41.0 Å². The third-order valence-corrected chi connectivity index (χ3v) is 4.13. The van der Waals surface area contributed by atoms with Crippen LogP contribution in [0.4, 0.5) is 0 Å². The minimum Gasteiger partial charge on any atom is -0.444 e. The fourth-order valence-corrected chi connectivity index (χ4v) is 2.29. The van der Waals surface area contributed by atoms with Crippen LogP contribution in [0, 0.1) is 0 Å². The Morgan fingerprint density at radius 1 is 1.28 bits per heavy atom. The smallest absolute Gasteiger partial charge is 0.226 e. The predicted molar refractivity (Wildman–Crippen MR) is 74.4 cm³/mol. The molecule has 2 rings (SSSR count). The van der Waals surface area contributed by atoms with E-state index < -0.39 is 0 Å². The second-order valence-corrected chi connectivity index (χ2v) is 5.63. The highest BCUT2D eigenvalue weighted by molar-refractivity contribution is 7.99. The first-order valence-corrected chi connectivity index (χ1v) is 7.01. The van der Waals surface area contributed by atoms with Crippen LogP contribution in [-0.4, -0.2) is 21.4 Å². The van der Waals surface area contributed by atoms with E-state index in [2.05, 4.69) is 4.98 Å². The summed E-state index contributed by atoms with van der Waals surface area (Å²) in [5.41, 5.74) is 1.89. The summed E-state index contributed by atoms with van der Waals surface area (Å²) in [6, 6.07) is 9.84. The Balaban J connectivity index is 1.99. The Hall–Kier alpha value is -1.26. The van der Waals surface area contributed by atoms with Crippen molar-refractivity contribution in [3.05, 3.63) is 42.3 Å². The zero-order valence-corrected chi connectivity index (χ0v) is 11.4. The number of hydrogen-bond donors (Lipinski definition) is 1. The SMILES string of the molecule is C[C@H](O)[C@H](C)SCc1coc(-c2ccccc2)n1. The highest BCUT2D eigenvalue weighted by Crippen LogP contribution is 2.23. The van der Waals surface area contributed by atoms with Gasteiger partial charge in [0.2, 0.25) is 5.89 Å². The van der Waals surface area contributed by atoms with Gasteiger partial charge in [-0.1, -0.05) is 25.1 Å². The standard InChI is InChI=1S/C14H17NO2S/c1-10(16)11(2)18-9-13-8-17-14(15-13)12-6-4-3-5-7-12/h3-8,10-11,16H,9H2,1-2H3/t10-,11-/m0/s1. The van der Waals surface area contributed by atoms with Crippen molar-refractivity contribution in [2.45, 2.75) is 31.0 Å². The van der Waals surface area contributed by atoms with E-state index in [-0.39, 0.29) is 11.4 Å². The van der Waals surface area contributed by atoms with E-state index in [1.54, 1.807) is 24.9 Å². The van der Waals surface area contributed by atoms with Crippen molar-refractivity contribution in [3.63, 3.8) is 0 Å². The number of nitrogens with zero attached hydrogens (tertiary/aromatic N) is 1. The second kappa shape index (κ2) is 6.07. The monoisotopic (exact) mass is 263 g/mol. The van der Waals surface area contributed by atoms with Crippen LogP contribution in [0.3, 0.4) is 0 Å². The molecule has 0 unspecified atom stereocenters. The summed E-state index contributed by atoms with van der Waals surface area (Å²) in [5, 5.41) is 9.61. The van der Waals surface area contributed by atoms with Gasteiger partial charge in [0.1, 0.15) is 6.26 Å². The van der Waals surface area contributed by atoms with Crippen molar-refractivity contribution in [1.82, 2.24) is 4.98 Å². The molecule has 0 saturated carbocycles. The molecule has 1 aromatic heterocycles. The van der Waals surface area contributed by atoms with Crippen LogP contribution in [0.2, 0.25) is 0 Å². The van der Waals surface area contributed by atoms with Crippen molar-refractivity contribution >= 4 is 11.8 Å². The topological polar surface area (TPSA) is 46.3 Å². The molecule has 0 amide bonds. The third kappa shape index (κ3) is 3.37. The molecule has 0 aliphatic heterocycles. The van der Waals surface area contributed by atoms with E-state index in [9.17, 15) is 5.11 Å². The van der Waals surface area contributed by atoms with E-state index in [0.29, 0.717) is 5.89 Å². The summed E-state index contributed by atoms with van der Waals surface area (Å²) in [7, 11) is 0. The molecule has 0 aliphatic rings.